The molecule has 0 unspecified atom stereocenters. The van der Waals surface area contributed by atoms with Crippen molar-refractivity contribution in [2.75, 3.05) is 37.0 Å². The fourth-order valence-corrected chi connectivity index (χ4v) is 5.21. The van der Waals surface area contributed by atoms with Crippen LogP contribution in [0.25, 0.3) is 10.2 Å². The quantitative estimate of drug-likeness (QED) is 0.477. The second-order valence-corrected chi connectivity index (χ2v) is 8.96. The van der Waals surface area contributed by atoms with E-state index in [1.165, 1.54) is 22.2 Å². The van der Waals surface area contributed by atoms with Crippen LogP contribution in [0, 0.1) is 13.8 Å². The molecular weight excluding hydrogens is 406 g/mol. The van der Waals surface area contributed by atoms with Gasteiger partial charge in [0.05, 0.1) is 19.0 Å². The Balaban J connectivity index is 1.38. The van der Waals surface area contributed by atoms with Gasteiger partial charge in [-0.3, -0.25) is 4.79 Å². The molecule has 0 bridgehead atoms. The summed E-state index contributed by atoms with van der Waals surface area (Å²) < 4.78 is 5.42. The number of fused-ring (bicyclic) bond motifs is 1. The highest BCUT2D eigenvalue weighted by molar-refractivity contribution is 8.00. The fourth-order valence-electron chi connectivity index (χ4n) is 3.27. The number of morpholine rings is 1. The van der Waals surface area contributed by atoms with Crippen LogP contribution in [0.15, 0.2) is 29.7 Å². The second kappa shape index (κ2) is 9.06. The van der Waals surface area contributed by atoms with E-state index < -0.39 is 0 Å². The molecule has 0 atom stereocenters. The molecule has 0 radical (unpaired) electrons. The Kier molecular flexibility index (Phi) is 6.27. The van der Waals surface area contributed by atoms with Crippen LogP contribution in [0.3, 0.4) is 0 Å². The number of nitrogens with one attached hydrogen (secondary N) is 1. The van der Waals surface area contributed by atoms with E-state index in [-0.39, 0.29) is 5.91 Å². The van der Waals surface area contributed by atoms with Crippen molar-refractivity contribution in [3.63, 3.8) is 0 Å². The molecule has 0 aromatic carbocycles. The highest BCUT2D eigenvalue weighted by Gasteiger charge is 2.17. The number of pyridine rings is 1. The molecule has 1 aliphatic rings. The number of nitrogens with zero attached hydrogens (tertiary/aromatic N) is 4. The van der Waals surface area contributed by atoms with Gasteiger partial charge < -0.3 is 15.0 Å². The second-order valence-electron chi connectivity index (χ2n) is 6.79. The van der Waals surface area contributed by atoms with Gasteiger partial charge in [0.1, 0.15) is 22.0 Å². The van der Waals surface area contributed by atoms with Crippen molar-refractivity contribution in [1.82, 2.24) is 20.3 Å². The first-order valence-electron chi connectivity index (χ1n) is 9.50. The molecule has 1 N–H and O–H groups in total. The number of thiophene rings is 1. The third-order valence-electron chi connectivity index (χ3n) is 4.92. The molecular formula is C20H23N5O2S2. The van der Waals surface area contributed by atoms with Crippen molar-refractivity contribution >= 4 is 45.0 Å². The first kappa shape index (κ1) is 20.1. The predicted molar refractivity (Wildman–Crippen MR) is 117 cm³/mol. The molecule has 3 aromatic heterocycles. The van der Waals surface area contributed by atoms with E-state index in [1.807, 2.05) is 12.1 Å². The Morgan fingerprint density at radius 3 is 2.93 bits per heavy atom. The summed E-state index contributed by atoms with van der Waals surface area (Å²) in [5, 5.41) is 4.95. The Hall–Kier alpha value is -2.23. The fraction of sp³-hybridized carbons (Fsp3) is 0.400. The lowest BCUT2D eigenvalue weighted by Crippen LogP contribution is -2.38. The summed E-state index contributed by atoms with van der Waals surface area (Å²) in [5.74, 6) is 1.21. The first-order valence-corrected chi connectivity index (χ1v) is 11.3. The van der Waals surface area contributed by atoms with Gasteiger partial charge in [-0.2, -0.15) is 0 Å². The summed E-state index contributed by atoms with van der Waals surface area (Å²) in [6, 6.07) is 3.91. The number of ether oxygens (including phenoxy) is 1. The number of anilines is 1. The average molecular weight is 430 g/mol. The summed E-state index contributed by atoms with van der Waals surface area (Å²) in [4.78, 5) is 30.2. The Morgan fingerprint density at radius 1 is 1.28 bits per heavy atom. The number of thioether (sulfide) groups is 1. The summed E-state index contributed by atoms with van der Waals surface area (Å²) in [5.41, 5.74) is 2.21. The maximum absolute atomic E-state index is 12.5. The van der Waals surface area contributed by atoms with E-state index in [4.69, 9.17) is 4.74 Å². The zero-order valence-corrected chi connectivity index (χ0v) is 18.1. The van der Waals surface area contributed by atoms with Gasteiger partial charge in [0.2, 0.25) is 5.91 Å². The third-order valence-corrected chi connectivity index (χ3v) is 7.03. The average Bonchev–Trinajstić information content (AvgIpc) is 3.05. The molecule has 0 aliphatic carbocycles. The lowest BCUT2D eigenvalue weighted by Gasteiger charge is -2.29. The number of carbonyl (C=O) groups is 1. The van der Waals surface area contributed by atoms with Crippen LogP contribution < -0.4 is 10.2 Å². The summed E-state index contributed by atoms with van der Waals surface area (Å²) in [6.45, 7) is 7.66. The van der Waals surface area contributed by atoms with E-state index in [1.54, 1.807) is 23.9 Å². The van der Waals surface area contributed by atoms with Crippen LogP contribution in [0.5, 0.6) is 0 Å². The topological polar surface area (TPSA) is 80.2 Å². The molecule has 1 amide bonds. The van der Waals surface area contributed by atoms with Crippen molar-refractivity contribution in [2.24, 2.45) is 0 Å². The predicted octanol–water partition coefficient (Wildman–Crippen LogP) is 2.95. The molecule has 1 fully saturated rings. The van der Waals surface area contributed by atoms with E-state index >= 15 is 0 Å². The van der Waals surface area contributed by atoms with Gasteiger partial charge in [0.15, 0.2) is 0 Å². The molecule has 9 heteroatoms. The molecule has 0 saturated carbocycles. The summed E-state index contributed by atoms with van der Waals surface area (Å²) in [7, 11) is 0. The Morgan fingerprint density at radius 2 is 2.10 bits per heavy atom. The van der Waals surface area contributed by atoms with Gasteiger partial charge in [-0.05, 0) is 25.5 Å². The minimum atomic E-state index is -0.0249. The van der Waals surface area contributed by atoms with E-state index in [9.17, 15) is 4.79 Å². The maximum Gasteiger partial charge on any atom is 0.230 e. The molecule has 0 spiro atoms. The van der Waals surface area contributed by atoms with Gasteiger partial charge in [0, 0.05) is 41.7 Å². The largest absolute Gasteiger partial charge is 0.378 e. The van der Waals surface area contributed by atoms with Crippen LogP contribution in [-0.4, -0.2) is 52.9 Å². The molecule has 4 rings (SSSR count). The zero-order chi connectivity index (χ0) is 20.2. The number of carbonyl (C=O) groups excluding carboxylic acids is 1. The number of rotatable bonds is 6. The minimum Gasteiger partial charge on any atom is -0.378 e. The normalized spacial score (nSPS) is 14.3. The van der Waals surface area contributed by atoms with Gasteiger partial charge in [-0.25, -0.2) is 15.0 Å². The Labute approximate surface area is 177 Å². The molecule has 1 saturated heterocycles. The van der Waals surface area contributed by atoms with Gasteiger partial charge in [-0.15, -0.1) is 11.3 Å². The van der Waals surface area contributed by atoms with Crippen LogP contribution in [-0.2, 0) is 16.1 Å². The van der Waals surface area contributed by atoms with Crippen LogP contribution >= 0.6 is 23.1 Å². The lowest BCUT2D eigenvalue weighted by atomic mass is 10.2. The molecule has 4 heterocycles. The monoisotopic (exact) mass is 429 g/mol. The lowest BCUT2D eigenvalue weighted by molar-refractivity contribution is -0.118. The number of hydrogen-bond acceptors (Lipinski definition) is 8. The molecule has 3 aromatic rings. The van der Waals surface area contributed by atoms with Crippen molar-refractivity contribution < 1.29 is 9.53 Å². The molecule has 1 aliphatic heterocycles. The highest BCUT2D eigenvalue weighted by Crippen LogP contribution is 2.34. The zero-order valence-electron chi connectivity index (χ0n) is 16.5. The summed E-state index contributed by atoms with van der Waals surface area (Å²) in [6.07, 6.45) is 3.36. The number of amides is 1. The smallest absolute Gasteiger partial charge is 0.230 e. The Bertz CT molecular complexity index is 1020. The SMILES string of the molecule is Cc1sc2ncnc(SCC(=O)NCc3cccnc3N3CCOCC3)c2c1C. The van der Waals surface area contributed by atoms with E-state index in [0.29, 0.717) is 25.5 Å². The van der Waals surface area contributed by atoms with Crippen molar-refractivity contribution in [3.05, 3.63) is 40.7 Å². The van der Waals surface area contributed by atoms with E-state index in [0.717, 1.165) is 39.7 Å². The van der Waals surface area contributed by atoms with Crippen molar-refractivity contribution in [2.45, 2.75) is 25.4 Å². The third kappa shape index (κ3) is 4.52. The minimum absolute atomic E-state index is 0.0249. The van der Waals surface area contributed by atoms with Crippen LogP contribution in [0.2, 0.25) is 0 Å². The van der Waals surface area contributed by atoms with Gasteiger partial charge in [0.25, 0.3) is 0 Å². The van der Waals surface area contributed by atoms with Gasteiger partial charge in [-0.1, -0.05) is 17.8 Å². The molecule has 152 valence electrons. The van der Waals surface area contributed by atoms with Crippen molar-refractivity contribution in [3.8, 4) is 0 Å². The molecule has 29 heavy (non-hydrogen) atoms. The standard InChI is InChI=1S/C20H23N5O2S2/c1-13-14(2)29-20-17(13)19(23-12-24-20)28-11-16(26)22-10-15-4-3-5-21-18(15)25-6-8-27-9-7-25/h3-5,12H,6-11H2,1-2H3,(H,22,26). The molecule has 7 nitrogen and oxygen atoms in total. The van der Waals surface area contributed by atoms with Gasteiger partial charge >= 0.3 is 0 Å². The summed E-state index contributed by atoms with van der Waals surface area (Å²) >= 11 is 3.12. The van der Waals surface area contributed by atoms with Crippen LogP contribution in [0.4, 0.5) is 5.82 Å². The first-order chi connectivity index (χ1) is 14.1. The maximum atomic E-state index is 12.5. The highest BCUT2D eigenvalue weighted by atomic mass is 32.2. The number of hydrogen-bond donors (Lipinski definition) is 1. The van der Waals surface area contributed by atoms with Crippen LogP contribution in [0.1, 0.15) is 16.0 Å². The number of aryl methyl sites for hydroxylation is 2. The van der Waals surface area contributed by atoms with E-state index in [2.05, 4.69) is 39.0 Å². The van der Waals surface area contributed by atoms with Crippen molar-refractivity contribution in [1.29, 1.82) is 0 Å². The number of aromatic nitrogens is 3.